The molecule has 0 bridgehead atoms. The molecule has 82 valence electrons. The van der Waals surface area contributed by atoms with Gasteiger partial charge in [-0.2, -0.15) is 0 Å². The molecule has 0 aliphatic rings. The zero-order chi connectivity index (χ0) is 11.8. The molecule has 0 amide bonds. The molecule has 0 spiro atoms. The second-order valence-electron chi connectivity index (χ2n) is 2.40. The molecule has 5 nitrogen and oxygen atoms in total. The third-order valence-corrected chi connectivity index (χ3v) is 3.44. The maximum absolute atomic E-state index is 13.1. The first-order chi connectivity index (χ1) is 6.75. The van der Waals surface area contributed by atoms with Crippen LogP contribution in [-0.2, 0) is 9.05 Å². The van der Waals surface area contributed by atoms with Gasteiger partial charge in [0.1, 0.15) is 5.82 Å². The summed E-state index contributed by atoms with van der Waals surface area (Å²) in [4.78, 5) is 8.37. The number of nitrogens with zero attached hydrogens (tertiary/aromatic N) is 1. The fourth-order valence-corrected chi connectivity index (χ4v) is 2.69. The topological polar surface area (TPSA) is 77.3 Å². The Labute approximate surface area is 96.5 Å². The molecule has 0 aliphatic heterocycles. The predicted molar refractivity (Wildman–Crippen MR) is 53.8 cm³/mol. The van der Waals surface area contributed by atoms with E-state index in [-0.39, 0.29) is 4.47 Å². The summed E-state index contributed by atoms with van der Waals surface area (Å²) in [5.74, 6) is -1.26. The fourth-order valence-electron chi connectivity index (χ4n) is 0.925. The molecule has 0 fully saturated rings. The highest BCUT2D eigenvalue weighted by molar-refractivity contribution is 9.10. The molecule has 0 atom stereocenters. The highest BCUT2D eigenvalue weighted by atomic mass is 79.9. The lowest BCUT2D eigenvalue weighted by atomic mass is 10.3. The van der Waals surface area contributed by atoms with Crippen molar-refractivity contribution in [3.05, 3.63) is 32.5 Å². The third-order valence-electron chi connectivity index (χ3n) is 1.46. The summed E-state index contributed by atoms with van der Waals surface area (Å²) in [5.41, 5.74) is -0.912. The monoisotopic (exact) mass is 317 g/mol. The van der Waals surface area contributed by atoms with Crippen LogP contribution in [0.5, 0.6) is 0 Å². The van der Waals surface area contributed by atoms with Crippen LogP contribution in [0.1, 0.15) is 0 Å². The van der Waals surface area contributed by atoms with Gasteiger partial charge in [-0.3, -0.25) is 10.1 Å². The first-order valence-corrected chi connectivity index (χ1v) is 6.42. The molecule has 15 heavy (non-hydrogen) atoms. The molecule has 0 saturated heterocycles. The standard InChI is InChI=1S/C6H2BrClFNO4S/c7-3-1-2-4(9)6(15(8,13)14)5(3)10(11)12/h1-2H. The number of rotatable bonds is 2. The normalized spacial score (nSPS) is 11.4. The van der Waals surface area contributed by atoms with Crippen molar-refractivity contribution in [2.24, 2.45) is 0 Å². The molecule has 9 heteroatoms. The summed E-state index contributed by atoms with van der Waals surface area (Å²) >= 11 is 2.74. The highest BCUT2D eigenvalue weighted by Crippen LogP contribution is 2.35. The van der Waals surface area contributed by atoms with Crippen molar-refractivity contribution in [2.75, 3.05) is 0 Å². The van der Waals surface area contributed by atoms with Crippen molar-refractivity contribution in [3.8, 4) is 0 Å². The minimum atomic E-state index is -4.51. The summed E-state index contributed by atoms with van der Waals surface area (Å²) in [6, 6.07) is 1.80. The van der Waals surface area contributed by atoms with Gasteiger partial charge in [0.15, 0.2) is 4.90 Å². The fraction of sp³-hybridized carbons (Fsp3) is 0. The maximum atomic E-state index is 13.1. The van der Waals surface area contributed by atoms with Crippen LogP contribution in [0.3, 0.4) is 0 Å². The average Bonchev–Trinajstić information content (AvgIpc) is 2.05. The number of nitro groups is 1. The molecular formula is C6H2BrClFNO4S. The number of hydrogen-bond acceptors (Lipinski definition) is 4. The first-order valence-electron chi connectivity index (χ1n) is 3.32. The lowest BCUT2D eigenvalue weighted by molar-refractivity contribution is -0.388. The molecule has 0 aliphatic carbocycles. The van der Waals surface area contributed by atoms with Crippen molar-refractivity contribution in [2.45, 2.75) is 4.90 Å². The van der Waals surface area contributed by atoms with Crippen molar-refractivity contribution in [3.63, 3.8) is 0 Å². The maximum Gasteiger partial charge on any atom is 0.306 e. The van der Waals surface area contributed by atoms with Gasteiger partial charge in [-0.1, -0.05) is 0 Å². The van der Waals surface area contributed by atoms with E-state index in [1.165, 1.54) is 0 Å². The number of nitro benzene ring substituents is 1. The average molecular weight is 319 g/mol. The molecule has 0 unspecified atom stereocenters. The SMILES string of the molecule is O=[N+]([O-])c1c(Br)ccc(F)c1S(=O)(=O)Cl. The van der Waals surface area contributed by atoms with Gasteiger partial charge in [0.25, 0.3) is 9.05 Å². The van der Waals surface area contributed by atoms with Crippen molar-refractivity contribution in [1.82, 2.24) is 0 Å². The Kier molecular flexibility index (Phi) is 3.31. The van der Waals surface area contributed by atoms with Crippen LogP contribution in [0.15, 0.2) is 21.5 Å². The Bertz CT molecular complexity index is 532. The Balaban J connectivity index is 3.76. The van der Waals surface area contributed by atoms with E-state index in [4.69, 9.17) is 10.7 Å². The van der Waals surface area contributed by atoms with E-state index in [1.807, 2.05) is 0 Å². The van der Waals surface area contributed by atoms with Gasteiger partial charge in [-0.15, -0.1) is 0 Å². The molecule has 1 aromatic carbocycles. The Morgan fingerprint density at radius 1 is 1.47 bits per heavy atom. The summed E-state index contributed by atoms with van der Waals surface area (Å²) in [7, 11) is 0.386. The van der Waals surface area contributed by atoms with Gasteiger partial charge in [0.2, 0.25) is 0 Å². The highest BCUT2D eigenvalue weighted by Gasteiger charge is 2.31. The van der Waals surface area contributed by atoms with Gasteiger partial charge >= 0.3 is 5.69 Å². The van der Waals surface area contributed by atoms with E-state index in [0.29, 0.717) is 0 Å². The van der Waals surface area contributed by atoms with E-state index >= 15 is 0 Å². The van der Waals surface area contributed by atoms with Crippen molar-refractivity contribution in [1.29, 1.82) is 0 Å². The minimum Gasteiger partial charge on any atom is -0.258 e. The van der Waals surface area contributed by atoms with E-state index < -0.39 is 30.4 Å². The second kappa shape index (κ2) is 4.03. The van der Waals surface area contributed by atoms with Gasteiger partial charge in [-0.05, 0) is 28.1 Å². The second-order valence-corrected chi connectivity index (χ2v) is 5.76. The minimum absolute atomic E-state index is 0.159. The zero-order valence-electron chi connectivity index (χ0n) is 6.78. The smallest absolute Gasteiger partial charge is 0.258 e. The van der Waals surface area contributed by atoms with Gasteiger partial charge in [0.05, 0.1) is 9.40 Å². The molecular weight excluding hydrogens is 316 g/mol. The first kappa shape index (κ1) is 12.3. The Morgan fingerprint density at radius 2 is 2.00 bits per heavy atom. The summed E-state index contributed by atoms with van der Waals surface area (Å²) in [6.45, 7) is 0. The van der Waals surface area contributed by atoms with Crippen LogP contribution in [0.2, 0.25) is 0 Å². The lowest BCUT2D eigenvalue weighted by Gasteiger charge is -2.01. The van der Waals surface area contributed by atoms with Crippen molar-refractivity contribution >= 4 is 41.4 Å². The number of halogens is 3. The van der Waals surface area contributed by atoms with Gasteiger partial charge in [-0.25, -0.2) is 12.8 Å². The molecule has 0 N–H and O–H groups in total. The summed E-state index contributed by atoms with van der Waals surface area (Å²) in [5, 5.41) is 10.5. The van der Waals surface area contributed by atoms with E-state index in [9.17, 15) is 22.9 Å². The van der Waals surface area contributed by atoms with Crippen LogP contribution in [0.25, 0.3) is 0 Å². The molecule has 1 aromatic rings. The largest absolute Gasteiger partial charge is 0.306 e. The van der Waals surface area contributed by atoms with Crippen LogP contribution in [0.4, 0.5) is 10.1 Å². The van der Waals surface area contributed by atoms with Gasteiger partial charge < -0.3 is 0 Å². The molecule has 0 radical (unpaired) electrons. The predicted octanol–water partition coefficient (Wildman–Crippen LogP) is 2.42. The zero-order valence-corrected chi connectivity index (χ0v) is 9.94. The molecule has 0 heterocycles. The van der Waals surface area contributed by atoms with E-state index in [1.54, 1.807) is 0 Å². The molecule has 1 rings (SSSR count). The van der Waals surface area contributed by atoms with E-state index in [0.717, 1.165) is 12.1 Å². The third kappa shape index (κ3) is 2.44. The quantitative estimate of drug-likeness (QED) is 0.476. The number of hydrogen-bond donors (Lipinski definition) is 0. The van der Waals surface area contributed by atoms with Crippen LogP contribution in [0, 0.1) is 15.9 Å². The van der Waals surface area contributed by atoms with Crippen LogP contribution >= 0.6 is 26.6 Å². The molecule has 0 saturated carbocycles. The van der Waals surface area contributed by atoms with E-state index in [2.05, 4.69) is 15.9 Å². The Hall–Kier alpha value is -0.730. The summed E-state index contributed by atoms with van der Waals surface area (Å²) in [6.07, 6.45) is 0. The lowest BCUT2D eigenvalue weighted by Crippen LogP contribution is -2.02. The van der Waals surface area contributed by atoms with Crippen LogP contribution < -0.4 is 0 Å². The van der Waals surface area contributed by atoms with Crippen LogP contribution in [-0.4, -0.2) is 13.3 Å². The summed E-state index contributed by atoms with van der Waals surface area (Å²) < 4.78 is 34.8. The molecule has 0 aromatic heterocycles. The Morgan fingerprint density at radius 3 is 2.33 bits per heavy atom. The van der Waals surface area contributed by atoms with Gasteiger partial charge in [0, 0.05) is 10.7 Å². The number of benzene rings is 1. The van der Waals surface area contributed by atoms with Crippen molar-refractivity contribution < 1.29 is 17.7 Å².